The molecule has 0 atom stereocenters. The van der Waals surface area contributed by atoms with E-state index in [2.05, 4.69) is 23.2 Å². The molecule has 1 aromatic rings. The average molecular weight is 414 g/mol. The Kier molecular flexibility index (Phi) is 5.62. The predicted molar refractivity (Wildman–Crippen MR) is 116 cm³/mol. The van der Waals surface area contributed by atoms with Gasteiger partial charge in [0.25, 0.3) is 5.91 Å². The Morgan fingerprint density at radius 3 is 2.53 bits per heavy atom. The maximum absolute atomic E-state index is 13.4. The molecule has 0 bridgehead atoms. The average Bonchev–Trinajstić information content (AvgIpc) is 3.37. The van der Waals surface area contributed by atoms with Crippen molar-refractivity contribution in [2.75, 3.05) is 20.6 Å². The van der Waals surface area contributed by atoms with Gasteiger partial charge in [-0.1, -0.05) is 19.2 Å². The maximum atomic E-state index is 13.4. The van der Waals surface area contributed by atoms with Gasteiger partial charge in [0, 0.05) is 20.6 Å². The van der Waals surface area contributed by atoms with Gasteiger partial charge in [-0.05, 0) is 39.2 Å². The van der Waals surface area contributed by atoms with Crippen LogP contribution in [-0.4, -0.2) is 69.1 Å². The van der Waals surface area contributed by atoms with Gasteiger partial charge in [-0.3, -0.25) is 14.5 Å². The molecule has 8 nitrogen and oxygen atoms in total. The lowest BCUT2D eigenvalue weighted by Gasteiger charge is -2.32. The fourth-order valence-electron chi connectivity index (χ4n) is 3.88. The predicted octanol–water partition coefficient (Wildman–Crippen LogP) is 3.05. The zero-order chi connectivity index (χ0) is 22.3. The molecule has 1 aliphatic carbocycles. The second kappa shape index (κ2) is 7.74. The largest absolute Gasteiger partial charge is 0.444 e. The van der Waals surface area contributed by atoms with Crippen LogP contribution < -0.4 is 0 Å². The Morgan fingerprint density at radius 1 is 1.33 bits per heavy atom. The van der Waals surface area contributed by atoms with Crippen molar-refractivity contribution < 1.29 is 14.3 Å². The number of carbonyl (C=O) groups is 2. The van der Waals surface area contributed by atoms with E-state index in [1.807, 2.05) is 20.8 Å². The molecule has 8 heteroatoms. The summed E-state index contributed by atoms with van der Waals surface area (Å²) in [6.07, 6.45) is 4.52. The van der Waals surface area contributed by atoms with Crippen LogP contribution in [0.5, 0.6) is 0 Å². The highest BCUT2D eigenvalue weighted by molar-refractivity contribution is 6.13. The Hall–Kier alpha value is -2.90. The molecule has 30 heavy (non-hydrogen) atoms. The number of allylic oxidation sites excluding steroid dienone is 1. The summed E-state index contributed by atoms with van der Waals surface area (Å²) in [4.78, 5) is 33.7. The molecule has 0 unspecified atom stereocenters. The fraction of sp³-hybridized carbons (Fsp3) is 0.545. The summed E-state index contributed by atoms with van der Waals surface area (Å²) in [5.74, 6) is -0.141. The van der Waals surface area contributed by atoms with Gasteiger partial charge in [-0.15, -0.1) is 0 Å². The number of aliphatic imine (C=N–C) groups is 1. The number of fused-ring (bicyclic) bond motifs is 1. The molecule has 0 aromatic carbocycles. The lowest BCUT2D eigenvalue weighted by Crippen LogP contribution is -2.46. The lowest BCUT2D eigenvalue weighted by atomic mass is 10.00. The molecular formula is C22H31N5O3. The van der Waals surface area contributed by atoms with Crippen LogP contribution in [0.1, 0.15) is 49.7 Å². The van der Waals surface area contributed by atoms with Crippen molar-refractivity contribution in [2.45, 2.75) is 57.8 Å². The molecule has 1 aliphatic heterocycles. The Labute approximate surface area is 177 Å². The number of hydrogen-bond acceptors (Lipinski definition) is 5. The minimum Gasteiger partial charge on any atom is -0.444 e. The molecule has 1 saturated carbocycles. The highest BCUT2D eigenvalue weighted by atomic mass is 16.6. The topological polar surface area (TPSA) is 80.0 Å². The first kappa shape index (κ1) is 21.8. The molecule has 0 saturated heterocycles. The quantitative estimate of drug-likeness (QED) is 0.549. The normalized spacial score (nSPS) is 17.8. The summed E-state index contributed by atoms with van der Waals surface area (Å²) < 4.78 is 7.28. The first-order valence-electron chi connectivity index (χ1n) is 10.1. The van der Waals surface area contributed by atoms with Crippen LogP contribution in [0.25, 0.3) is 0 Å². The summed E-state index contributed by atoms with van der Waals surface area (Å²) in [7, 11) is 3.50. The minimum atomic E-state index is -0.574. The van der Waals surface area contributed by atoms with Crippen LogP contribution in [0.15, 0.2) is 36.0 Å². The van der Waals surface area contributed by atoms with Gasteiger partial charge in [0.2, 0.25) is 0 Å². The maximum Gasteiger partial charge on any atom is 0.410 e. The van der Waals surface area contributed by atoms with E-state index in [1.165, 1.54) is 0 Å². The fourth-order valence-corrected chi connectivity index (χ4v) is 3.88. The molecule has 1 aromatic heterocycles. The van der Waals surface area contributed by atoms with E-state index in [0.29, 0.717) is 18.7 Å². The van der Waals surface area contributed by atoms with Crippen molar-refractivity contribution in [3.63, 3.8) is 0 Å². The van der Waals surface area contributed by atoms with Gasteiger partial charge in [0.1, 0.15) is 5.60 Å². The third kappa shape index (κ3) is 3.91. The molecule has 3 rings (SSSR count). The number of aromatic nitrogens is 2. The molecule has 2 aliphatic rings. The highest BCUT2D eigenvalue weighted by Crippen LogP contribution is 2.45. The van der Waals surface area contributed by atoms with Gasteiger partial charge in [-0.25, -0.2) is 4.79 Å². The van der Waals surface area contributed by atoms with Crippen LogP contribution in [0, 0.1) is 0 Å². The Balaban J connectivity index is 1.83. The monoisotopic (exact) mass is 413 g/mol. The number of nitrogens with zero attached hydrogens (tertiary/aromatic N) is 5. The van der Waals surface area contributed by atoms with Gasteiger partial charge in [0.15, 0.2) is 0 Å². The molecule has 0 spiro atoms. The number of hydrogen-bond donors (Lipinski definition) is 0. The van der Waals surface area contributed by atoms with Crippen LogP contribution in [0.3, 0.4) is 0 Å². The zero-order valence-electron chi connectivity index (χ0n) is 18.6. The van der Waals surface area contributed by atoms with Gasteiger partial charge >= 0.3 is 6.09 Å². The van der Waals surface area contributed by atoms with E-state index >= 15 is 0 Å². The third-order valence-electron chi connectivity index (χ3n) is 5.64. The molecule has 162 valence electrons. The van der Waals surface area contributed by atoms with Crippen molar-refractivity contribution in [3.8, 4) is 0 Å². The zero-order valence-corrected chi connectivity index (χ0v) is 18.6. The van der Waals surface area contributed by atoms with E-state index in [-0.39, 0.29) is 18.5 Å². The van der Waals surface area contributed by atoms with Crippen molar-refractivity contribution in [3.05, 3.63) is 42.3 Å². The van der Waals surface area contributed by atoms with Crippen LogP contribution in [0.4, 0.5) is 4.79 Å². The molecule has 2 heterocycles. The lowest BCUT2D eigenvalue weighted by molar-refractivity contribution is 0.0192. The highest BCUT2D eigenvalue weighted by Gasteiger charge is 2.53. The second-order valence-electron chi connectivity index (χ2n) is 8.83. The number of carbonyl (C=O) groups excluding carboxylic acids is 2. The second-order valence-corrected chi connectivity index (χ2v) is 8.83. The molecular weight excluding hydrogens is 382 g/mol. The van der Waals surface area contributed by atoms with Crippen molar-refractivity contribution in [1.82, 2.24) is 19.6 Å². The van der Waals surface area contributed by atoms with E-state index in [0.717, 1.165) is 29.8 Å². The third-order valence-corrected chi connectivity index (χ3v) is 5.64. The standard InChI is InChI=1S/C22H31N5O3/c1-8-15(2)18(23-6)22(9-10-22)25(7)19(28)16-13-24-27-12-11-26(14-17(16)27)20(29)30-21(3,4)5/h8,13H,1-2,9-12,14H2,3-7H3. The molecule has 0 N–H and O–H groups in total. The summed E-state index contributed by atoms with van der Waals surface area (Å²) in [5.41, 5.74) is 1.68. The summed E-state index contributed by atoms with van der Waals surface area (Å²) in [6, 6.07) is 0. The first-order valence-corrected chi connectivity index (χ1v) is 10.1. The van der Waals surface area contributed by atoms with Crippen LogP contribution >= 0.6 is 0 Å². The summed E-state index contributed by atoms with van der Waals surface area (Å²) in [6.45, 7) is 14.6. The van der Waals surface area contributed by atoms with E-state index in [9.17, 15) is 9.59 Å². The van der Waals surface area contributed by atoms with Gasteiger partial charge < -0.3 is 14.5 Å². The molecule has 0 radical (unpaired) electrons. The van der Waals surface area contributed by atoms with Gasteiger partial charge in [-0.2, -0.15) is 5.10 Å². The van der Waals surface area contributed by atoms with Crippen molar-refractivity contribution in [2.24, 2.45) is 4.99 Å². The molecule has 2 amide bonds. The number of amides is 2. The van der Waals surface area contributed by atoms with Crippen molar-refractivity contribution >= 4 is 17.7 Å². The van der Waals surface area contributed by atoms with E-state index in [1.54, 1.807) is 40.8 Å². The van der Waals surface area contributed by atoms with E-state index in [4.69, 9.17) is 4.74 Å². The number of ether oxygens (including phenoxy) is 1. The molecule has 1 fully saturated rings. The Bertz CT molecular complexity index is 918. The van der Waals surface area contributed by atoms with Gasteiger partial charge in [0.05, 0.1) is 41.8 Å². The Morgan fingerprint density at radius 2 is 2.00 bits per heavy atom. The smallest absolute Gasteiger partial charge is 0.410 e. The van der Waals surface area contributed by atoms with Crippen molar-refractivity contribution in [1.29, 1.82) is 0 Å². The van der Waals surface area contributed by atoms with E-state index < -0.39 is 11.1 Å². The summed E-state index contributed by atoms with van der Waals surface area (Å²) >= 11 is 0. The summed E-state index contributed by atoms with van der Waals surface area (Å²) in [5, 5.41) is 4.37. The van der Waals surface area contributed by atoms with Crippen LogP contribution in [0.2, 0.25) is 0 Å². The first-order chi connectivity index (χ1) is 14.0. The number of rotatable bonds is 5. The van der Waals surface area contributed by atoms with Crippen LogP contribution in [-0.2, 0) is 17.8 Å². The minimum absolute atomic E-state index is 0.141. The SMILES string of the molecule is C=CC(=C)C(=NC)C1(N(C)C(=O)c2cnn3c2CN(C(=O)OC(C)(C)C)CC3)CC1.